The quantitative estimate of drug-likeness (QED) is 0.123. The zero-order valence-corrected chi connectivity index (χ0v) is 41.7. The zero-order chi connectivity index (χ0) is 47.5. The van der Waals surface area contributed by atoms with Gasteiger partial charge >= 0.3 is 0 Å². The summed E-state index contributed by atoms with van der Waals surface area (Å²) in [6, 6.07) is 42.0. The first kappa shape index (κ1) is 42.5. The second kappa shape index (κ2) is 18.2. The van der Waals surface area contributed by atoms with Gasteiger partial charge in [-0.15, -0.1) is 53.6 Å². The molecule has 3 aromatic heterocycles. The second-order valence-corrected chi connectivity index (χ2v) is 20.0. The van der Waals surface area contributed by atoms with Crippen LogP contribution in [0.5, 0.6) is 0 Å². The molecule has 0 bridgehead atoms. The molecule has 9 rings (SSSR count). The van der Waals surface area contributed by atoms with Crippen molar-refractivity contribution in [1.29, 1.82) is 0 Å². The molecule has 0 atom stereocenters. The van der Waals surface area contributed by atoms with E-state index in [4.69, 9.17) is 8.53 Å². The van der Waals surface area contributed by atoms with E-state index in [1.807, 2.05) is 42.6 Å². The van der Waals surface area contributed by atoms with Crippen molar-refractivity contribution in [2.24, 2.45) is 0 Å². The first-order valence-electron chi connectivity index (χ1n) is 23.8. The van der Waals surface area contributed by atoms with Crippen molar-refractivity contribution >= 4 is 43.5 Å². The topological polar surface area (TPSA) is 51.8 Å². The molecule has 0 unspecified atom stereocenters. The zero-order valence-electron chi connectivity index (χ0n) is 42.3. The largest absolute Gasteiger partial charge is 0.500 e. The molecular formula is C59H61IrN3O-2. The fourth-order valence-corrected chi connectivity index (χ4v) is 8.51. The second-order valence-electron chi connectivity index (χ2n) is 20.0. The van der Waals surface area contributed by atoms with E-state index in [0.29, 0.717) is 45.6 Å². The minimum Gasteiger partial charge on any atom is -0.500 e. The van der Waals surface area contributed by atoms with Crippen LogP contribution in [0.3, 0.4) is 0 Å². The average molecular weight is 1020 g/mol. The molecule has 0 aliphatic carbocycles. The summed E-state index contributed by atoms with van der Waals surface area (Å²) >= 11 is 0. The number of hydrogen-bond acceptors (Lipinski definition) is 4. The maximum atomic E-state index is 8.44. The third kappa shape index (κ3) is 9.08. The van der Waals surface area contributed by atoms with E-state index >= 15 is 0 Å². The number of nitrogens with zero attached hydrogens (tertiary/aromatic N) is 3. The molecule has 0 fully saturated rings. The van der Waals surface area contributed by atoms with Crippen molar-refractivity contribution in [3.05, 3.63) is 161 Å². The molecule has 0 aliphatic rings. The van der Waals surface area contributed by atoms with Gasteiger partial charge in [0.25, 0.3) is 0 Å². The minimum absolute atomic E-state index is 0. The molecule has 329 valence electrons. The van der Waals surface area contributed by atoms with E-state index in [2.05, 4.69) is 171 Å². The third-order valence-corrected chi connectivity index (χ3v) is 12.2. The van der Waals surface area contributed by atoms with Gasteiger partial charge in [-0.3, -0.25) is 4.98 Å². The van der Waals surface area contributed by atoms with Crippen molar-refractivity contribution in [2.75, 3.05) is 0 Å². The summed E-state index contributed by atoms with van der Waals surface area (Å²) in [7, 11) is 0. The Morgan fingerprint density at radius 1 is 0.625 bits per heavy atom. The van der Waals surface area contributed by atoms with Gasteiger partial charge < -0.3 is 9.40 Å². The van der Waals surface area contributed by atoms with E-state index in [0.717, 1.165) is 43.9 Å². The van der Waals surface area contributed by atoms with Crippen LogP contribution in [0.4, 0.5) is 0 Å². The van der Waals surface area contributed by atoms with Gasteiger partial charge in [0.15, 0.2) is 0 Å². The number of furan rings is 1. The van der Waals surface area contributed by atoms with Crippen LogP contribution in [-0.2, 0) is 30.9 Å². The molecule has 3 heterocycles. The van der Waals surface area contributed by atoms with Crippen LogP contribution < -0.4 is 0 Å². The molecule has 0 saturated carbocycles. The van der Waals surface area contributed by atoms with Crippen molar-refractivity contribution in [1.82, 2.24) is 15.0 Å². The Balaban J connectivity index is 0.000000331. The van der Waals surface area contributed by atoms with Gasteiger partial charge in [0.2, 0.25) is 0 Å². The van der Waals surface area contributed by atoms with E-state index in [9.17, 15) is 0 Å². The number of aryl methyl sites for hydroxylation is 1. The molecule has 9 aromatic rings. The molecule has 0 N–H and O–H groups in total. The van der Waals surface area contributed by atoms with Crippen LogP contribution in [0.2, 0.25) is 0 Å². The molecule has 0 aliphatic heterocycles. The van der Waals surface area contributed by atoms with Crippen molar-refractivity contribution in [3.63, 3.8) is 0 Å². The Morgan fingerprint density at radius 3 is 1.94 bits per heavy atom. The third-order valence-electron chi connectivity index (χ3n) is 12.2. The van der Waals surface area contributed by atoms with Crippen LogP contribution >= 0.6 is 0 Å². The van der Waals surface area contributed by atoms with E-state index in [1.54, 1.807) is 12.4 Å². The maximum absolute atomic E-state index is 8.44. The predicted molar refractivity (Wildman–Crippen MR) is 267 cm³/mol. The van der Waals surface area contributed by atoms with E-state index < -0.39 is 6.85 Å². The Labute approximate surface area is 398 Å². The Morgan fingerprint density at radius 2 is 1.33 bits per heavy atom. The number of fused-ring (bicyclic) bond motifs is 7. The molecule has 5 heteroatoms. The summed E-state index contributed by atoms with van der Waals surface area (Å²) in [4.78, 5) is 13.6. The van der Waals surface area contributed by atoms with Gasteiger partial charge in [-0.1, -0.05) is 168 Å². The molecule has 0 amide bonds. The number of pyridine rings is 1. The summed E-state index contributed by atoms with van der Waals surface area (Å²) in [5, 5.41) is 5.50. The van der Waals surface area contributed by atoms with Gasteiger partial charge in [0.1, 0.15) is 11.9 Å². The minimum atomic E-state index is -2.36. The summed E-state index contributed by atoms with van der Waals surface area (Å²) in [5.41, 5.74) is 13.4. The van der Waals surface area contributed by atoms with Gasteiger partial charge in [0.05, 0.1) is 5.58 Å². The van der Waals surface area contributed by atoms with Crippen molar-refractivity contribution < 1.29 is 28.6 Å². The summed E-state index contributed by atoms with van der Waals surface area (Å²) in [6.45, 7) is 24.2. The maximum Gasteiger partial charge on any atom is 0.129 e. The summed E-state index contributed by atoms with van der Waals surface area (Å²) < 4.78 is 32.1. The number of aromatic nitrogens is 3. The van der Waals surface area contributed by atoms with Crippen LogP contribution in [-0.4, -0.2) is 15.0 Å². The SMILES string of the molecule is CC(C)(C)c1ccc(-c2[c-]cccc2)nc1.[2H]C([2H])([2H])c1c[c-]c(-c2cc(C(C)(C)C)ncn2)c2oc3c(ccc4ccc5cc(-c6c(C(C)C)cc(C(C)C)cc6C(C)C)ccc5c43)c12.[Ir]. The monoisotopic (exact) mass is 1020 g/mol. The molecule has 1 radical (unpaired) electrons. The first-order chi connectivity index (χ1) is 31.1. The van der Waals surface area contributed by atoms with Crippen LogP contribution in [0.1, 0.15) is 138 Å². The number of rotatable bonds is 6. The number of hydrogen-bond donors (Lipinski definition) is 0. The molecule has 64 heavy (non-hydrogen) atoms. The van der Waals surface area contributed by atoms with Crippen molar-refractivity contribution in [3.8, 4) is 33.6 Å². The molecule has 4 nitrogen and oxygen atoms in total. The summed E-state index contributed by atoms with van der Waals surface area (Å²) in [5.74, 6) is 1.19. The summed E-state index contributed by atoms with van der Waals surface area (Å²) in [6.07, 6.45) is 3.51. The smallest absolute Gasteiger partial charge is 0.129 e. The molecule has 0 saturated heterocycles. The fourth-order valence-electron chi connectivity index (χ4n) is 8.51. The molecule has 6 aromatic carbocycles. The van der Waals surface area contributed by atoms with Gasteiger partial charge in [-0.2, -0.15) is 0 Å². The fraction of sp³-hybridized carbons (Fsp3) is 0.305. The first-order valence-corrected chi connectivity index (χ1v) is 22.3. The van der Waals surface area contributed by atoms with Gasteiger partial charge in [0, 0.05) is 52.3 Å². The van der Waals surface area contributed by atoms with Crippen LogP contribution in [0, 0.1) is 19.0 Å². The Bertz CT molecular complexity index is 3200. The average Bonchev–Trinajstić information content (AvgIpc) is 3.67. The molecule has 0 spiro atoms. The van der Waals surface area contributed by atoms with Crippen molar-refractivity contribution in [2.45, 2.75) is 119 Å². The Hall–Kier alpha value is -5.48. The number of benzene rings is 6. The van der Waals surface area contributed by atoms with Crippen LogP contribution in [0.15, 0.2) is 120 Å². The van der Waals surface area contributed by atoms with Gasteiger partial charge in [-0.25, -0.2) is 4.98 Å². The Kier molecular flexibility index (Phi) is 12.1. The van der Waals surface area contributed by atoms with E-state index in [-0.39, 0.29) is 36.5 Å². The standard InChI is InChI=1S/C44H45N2O.C15H16N.Ir/c1-24(2)31-20-35(25(3)4)40(36(21-31)26(5)6)30-15-17-32-29(19-30)13-12-28-14-18-34-39-27(7)11-16-33(42(39)47-43(34)41(28)32)37-22-38(44(8,9)10)46-23-45-37;1-15(2,3)13-9-10-14(16-11-13)12-7-5-4-6-8-12;/h11-15,17-26H,1-10H3;4-7,9-11H,1-3H3;/q2*-1;/i7D3;;. The normalized spacial score (nSPS) is 13.0. The van der Waals surface area contributed by atoms with Crippen LogP contribution in [0.25, 0.3) is 77.1 Å². The predicted octanol–water partition coefficient (Wildman–Crippen LogP) is 16.6. The van der Waals surface area contributed by atoms with E-state index in [1.165, 1.54) is 33.4 Å². The van der Waals surface area contributed by atoms with Gasteiger partial charge in [-0.05, 0) is 90.2 Å². The molecular weight excluding hydrogens is 959 g/mol.